The summed E-state index contributed by atoms with van der Waals surface area (Å²) in [7, 11) is 0. The third kappa shape index (κ3) is 3.45. The fourth-order valence-electron chi connectivity index (χ4n) is 2.37. The minimum absolute atomic E-state index is 0.0329. The SMILES string of the molecule is N[C@H]1CCN(C(=O)c2ccc(Oc3cccc(Br)c3)nc2)C1. The largest absolute Gasteiger partial charge is 0.439 e. The maximum Gasteiger partial charge on any atom is 0.255 e. The molecular formula is C16H16BrN3O2. The number of aromatic nitrogens is 1. The van der Waals surface area contributed by atoms with Crippen molar-refractivity contribution in [2.45, 2.75) is 12.5 Å². The van der Waals surface area contributed by atoms with Crippen molar-refractivity contribution in [1.82, 2.24) is 9.88 Å². The topological polar surface area (TPSA) is 68.5 Å². The quantitative estimate of drug-likeness (QED) is 0.912. The van der Waals surface area contributed by atoms with Gasteiger partial charge in [0.25, 0.3) is 5.91 Å². The molecule has 1 aliphatic rings. The molecule has 114 valence electrons. The lowest BCUT2D eigenvalue weighted by Gasteiger charge is -2.15. The van der Waals surface area contributed by atoms with Crippen LogP contribution in [0, 0.1) is 0 Å². The molecule has 0 saturated carbocycles. The van der Waals surface area contributed by atoms with Gasteiger partial charge in [0.15, 0.2) is 0 Å². The fraction of sp³-hybridized carbons (Fsp3) is 0.250. The van der Waals surface area contributed by atoms with Crippen LogP contribution in [0.5, 0.6) is 11.6 Å². The van der Waals surface area contributed by atoms with Gasteiger partial charge in [-0.3, -0.25) is 4.79 Å². The van der Waals surface area contributed by atoms with Gasteiger partial charge >= 0.3 is 0 Å². The van der Waals surface area contributed by atoms with E-state index in [-0.39, 0.29) is 11.9 Å². The van der Waals surface area contributed by atoms with Gasteiger partial charge in [-0.25, -0.2) is 4.98 Å². The van der Waals surface area contributed by atoms with Crippen molar-refractivity contribution < 1.29 is 9.53 Å². The van der Waals surface area contributed by atoms with Crippen LogP contribution < -0.4 is 10.5 Å². The van der Waals surface area contributed by atoms with E-state index in [2.05, 4.69) is 20.9 Å². The van der Waals surface area contributed by atoms with E-state index in [9.17, 15) is 4.79 Å². The summed E-state index contributed by atoms with van der Waals surface area (Å²) in [6.45, 7) is 1.31. The Morgan fingerprint density at radius 3 is 2.86 bits per heavy atom. The Bertz CT molecular complexity index is 675. The zero-order valence-corrected chi connectivity index (χ0v) is 13.5. The number of benzene rings is 1. The third-order valence-electron chi connectivity index (χ3n) is 3.51. The maximum absolute atomic E-state index is 12.3. The fourth-order valence-corrected chi connectivity index (χ4v) is 2.75. The van der Waals surface area contributed by atoms with E-state index < -0.39 is 0 Å². The number of pyridine rings is 1. The van der Waals surface area contributed by atoms with Crippen molar-refractivity contribution >= 4 is 21.8 Å². The molecule has 2 N–H and O–H groups in total. The van der Waals surface area contributed by atoms with E-state index >= 15 is 0 Å². The van der Waals surface area contributed by atoms with Crippen molar-refractivity contribution in [3.8, 4) is 11.6 Å². The van der Waals surface area contributed by atoms with Gasteiger partial charge in [0.2, 0.25) is 5.88 Å². The number of carbonyl (C=O) groups is 1. The number of nitrogens with two attached hydrogens (primary N) is 1. The number of amides is 1. The van der Waals surface area contributed by atoms with E-state index in [0.29, 0.717) is 30.3 Å². The van der Waals surface area contributed by atoms with E-state index in [1.807, 2.05) is 24.3 Å². The summed E-state index contributed by atoms with van der Waals surface area (Å²) in [5.41, 5.74) is 6.38. The second kappa shape index (κ2) is 6.46. The number of carbonyl (C=O) groups excluding carboxylic acids is 1. The van der Waals surface area contributed by atoms with E-state index in [1.165, 1.54) is 0 Å². The minimum atomic E-state index is -0.0329. The van der Waals surface area contributed by atoms with Crippen molar-refractivity contribution in [1.29, 1.82) is 0 Å². The van der Waals surface area contributed by atoms with E-state index in [4.69, 9.17) is 10.5 Å². The highest BCUT2D eigenvalue weighted by molar-refractivity contribution is 9.10. The van der Waals surface area contributed by atoms with Crippen LogP contribution in [0.1, 0.15) is 16.8 Å². The van der Waals surface area contributed by atoms with Crippen molar-refractivity contribution in [2.24, 2.45) is 5.73 Å². The second-order valence-electron chi connectivity index (χ2n) is 5.24. The first kappa shape index (κ1) is 15.0. The Balaban J connectivity index is 1.69. The molecule has 1 fully saturated rings. The predicted octanol–water partition coefficient (Wildman–Crippen LogP) is 2.81. The molecule has 1 aliphatic heterocycles. The van der Waals surface area contributed by atoms with Gasteiger partial charge in [-0.1, -0.05) is 22.0 Å². The van der Waals surface area contributed by atoms with Gasteiger partial charge < -0.3 is 15.4 Å². The van der Waals surface area contributed by atoms with Crippen LogP contribution in [0.3, 0.4) is 0 Å². The Kier molecular flexibility index (Phi) is 4.40. The highest BCUT2D eigenvalue weighted by Crippen LogP contribution is 2.23. The van der Waals surface area contributed by atoms with Gasteiger partial charge in [0.05, 0.1) is 5.56 Å². The first-order valence-corrected chi connectivity index (χ1v) is 7.85. The van der Waals surface area contributed by atoms with Crippen LogP contribution in [0.15, 0.2) is 47.1 Å². The number of halogens is 1. The molecule has 1 aromatic heterocycles. The van der Waals surface area contributed by atoms with Crippen LogP contribution in [0.4, 0.5) is 0 Å². The van der Waals surface area contributed by atoms with Crippen LogP contribution in [-0.2, 0) is 0 Å². The average molecular weight is 362 g/mol. The Morgan fingerprint density at radius 1 is 1.36 bits per heavy atom. The van der Waals surface area contributed by atoms with Crippen molar-refractivity contribution in [3.63, 3.8) is 0 Å². The van der Waals surface area contributed by atoms with Gasteiger partial charge in [-0.15, -0.1) is 0 Å². The highest BCUT2D eigenvalue weighted by atomic mass is 79.9. The molecule has 3 rings (SSSR count). The summed E-state index contributed by atoms with van der Waals surface area (Å²) in [5, 5.41) is 0. The van der Waals surface area contributed by atoms with Gasteiger partial charge in [0, 0.05) is 35.9 Å². The van der Waals surface area contributed by atoms with Gasteiger partial charge in [-0.2, -0.15) is 0 Å². The number of hydrogen-bond donors (Lipinski definition) is 1. The maximum atomic E-state index is 12.3. The van der Waals surface area contributed by atoms with E-state index in [0.717, 1.165) is 10.9 Å². The number of rotatable bonds is 3. The summed E-state index contributed by atoms with van der Waals surface area (Å²) < 4.78 is 6.58. The monoisotopic (exact) mass is 361 g/mol. The van der Waals surface area contributed by atoms with Gasteiger partial charge in [0.1, 0.15) is 5.75 Å². The minimum Gasteiger partial charge on any atom is -0.439 e. The first-order chi connectivity index (χ1) is 10.6. The molecular weight excluding hydrogens is 346 g/mol. The predicted molar refractivity (Wildman–Crippen MR) is 86.9 cm³/mol. The molecule has 0 bridgehead atoms. The molecule has 0 radical (unpaired) electrons. The molecule has 2 heterocycles. The molecule has 6 heteroatoms. The first-order valence-electron chi connectivity index (χ1n) is 7.06. The van der Waals surface area contributed by atoms with Crippen LogP contribution in [-0.4, -0.2) is 34.9 Å². The number of hydrogen-bond acceptors (Lipinski definition) is 4. The standard InChI is InChI=1S/C16H16BrN3O2/c17-12-2-1-3-14(8-12)22-15-5-4-11(9-19-15)16(21)20-7-6-13(18)10-20/h1-5,8-9,13H,6-7,10,18H2/t13-/m0/s1. The summed E-state index contributed by atoms with van der Waals surface area (Å²) in [6.07, 6.45) is 2.39. The molecule has 0 unspecified atom stereocenters. The lowest BCUT2D eigenvalue weighted by Crippen LogP contribution is -2.31. The van der Waals surface area contributed by atoms with Crippen LogP contribution >= 0.6 is 15.9 Å². The Labute approximate surface area is 137 Å². The lowest BCUT2D eigenvalue weighted by molar-refractivity contribution is 0.0790. The van der Waals surface area contributed by atoms with Crippen LogP contribution in [0.2, 0.25) is 0 Å². The molecule has 1 aromatic carbocycles. The average Bonchev–Trinajstić information content (AvgIpc) is 2.94. The molecule has 1 atom stereocenters. The number of ether oxygens (including phenoxy) is 1. The molecule has 5 nitrogen and oxygen atoms in total. The van der Waals surface area contributed by atoms with Crippen molar-refractivity contribution in [3.05, 3.63) is 52.6 Å². The summed E-state index contributed by atoms with van der Waals surface area (Å²) in [6, 6.07) is 11.0. The molecule has 1 saturated heterocycles. The summed E-state index contributed by atoms with van der Waals surface area (Å²) in [5.74, 6) is 1.11. The van der Waals surface area contributed by atoms with Crippen LogP contribution in [0.25, 0.3) is 0 Å². The molecule has 22 heavy (non-hydrogen) atoms. The third-order valence-corrected chi connectivity index (χ3v) is 4.01. The Hall–Kier alpha value is -1.92. The van der Waals surface area contributed by atoms with E-state index in [1.54, 1.807) is 23.2 Å². The Morgan fingerprint density at radius 2 is 2.23 bits per heavy atom. The molecule has 0 spiro atoms. The summed E-state index contributed by atoms with van der Waals surface area (Å²) in [4.78, 5) is 18.2. The summed E-state index contributed by atoms with van der Waals surface area (Å²) >= 11 is 3.39. The zero-order chi connectivity index (χ0) is 15.5. The second-order valence-corrected chi connectivity index (χ2v) is 6.16. The molecule has 1 amide bonds. The van der Waals surface area contributed by atoms with Crippen molar-refractivity contribution in [2.75, 3.05) is 13.1 Å². The number of nitrogens with zero attached hydrogens (tertiary/aromatic N) is 2. The lowest BCUT2D eigenvalue weighted by atomic mass is 10.2. The smallest absolute Gasteiger partial charge is 0.255 e. The molecule has 0 aliphatic carbocycles. The zero-order valence-electron chi connectivity index (χ0n) is 11.9. The number of likely N-dealkylation sites (tertiary alicyclic amines) is 1. The molecule has 2 aromatic rings. The highest BCUT2D eigenvalue weighted by Gasteiger charge is 2.24. The normalized spacial score (nSPS) is 17.5. The van der Waals surface area contributed by atoms with Gasteiger partial charge in [-0.05, 0) is 30.7 Å².